The van der Waals surface area contributed by atoms with Crippen LogP contribution in [0, 0.1) is 17.3 Å². The van der Waals surface area contributed by atoms with E-state index in [2.05, 4.69) is 26.8 Å². The summed E-state index contributed by atoms with van der Waals surface area (Å²) in [7, 11) is 0. The van der Waals surface area contributed by atoms with Crippen molar-refractivity contribution in [3.8, 4) is 0 Å². The molecule has 14 heavy (non-hydrogen) atoms. The normalized spacial score (nSPS) is 42.9. The van der Waals surface area contributed by atoms with Crippen LogP contribution in [0.15, 0.2) is 11.6 Å². The standard InChI is InChI=1S/C14H24/c1-4-12-7-8-13-6-5-11(2)9-10-14(12,13)3/h8,11-12H,4-7,9-10H2,1-3H3. The summed E-state index contributed by atoms with van der Waals surface area (Å²) in [4.78, 5) is 0. The van der Waals surface area contributed by atoms with E-state index in [4.69, 9.17) is 0 Å². The first kappa shape index (κ1) is 10.3. The number of rotatable bonds is 1. The Bertz CT molecular complexity index is 238. The highest BCUT2D eigenvalue weighted by molar-refractivity contribution is 5.22. The largest absolute Gasteiger partial charge is 0.0845 e. The molecule has 0 heterocycles. The molecule has 0 bridgehead atoms. The third-order valence-corrected chi connectivity index (χ3v) is 4.84. The maximum Gasteiger partial charge on any atom is -0.00852 e. The van der Waals surface area contributed by atoms with Crippen molar-refractivity contribution in [2.75, 3.05) is 0 Å². The van der Waals surface area contributed by atoms with Gasteiger partial charge in [-0.2, -0.15) is 0 Å². The Balaban J connectivity index is 2.19. The zero-order chi connectivity index (χ0) is 10.2. The van der Waals surface area contributed by atoms with E-state index in [0.29, 0.717) is 5.41 Å². The molecule has 0 aromatic rings. The van der Waals surface area contributed by atoms with Crippen LogP contribution in [0.5, 0.6) is 0 Å². The minimum absolute atomic E-state index is 0.583. The van der Waals surface area contributed by atoms with E-state index in [1.54, 1.807) is 5.57 Å². The summed E-state index contributed by atoms with van der Waals surface area (Å²) in [6, 6.07) is 0. The molecule has 3 unspecified atom stereocenters. The third kappa shape index (κ3) is 1.53. The lowest BCUT2D eigenvalue weighted by Gasteiger charge is -2.33. The first-order valence-corrected chi connectivity index (χ1v) is 6.36. The quantitative estimate of drug-likeness (QED) is 0.534. The lowest BCUT2D eigenvalue weighted by molar-refractivity contribution is 0.228. The van der Waals surface area contributed by atoms with E-state index in [9.17, 15) is 0 Å². The Morgan fingerprint density at radius 2 is 2.21 bits per heavy atom. The fourth-order valence-electron chi connectivity index (χ4n) is 3.50. The van der Waals surface area contributed by atoms with Gasteiger partial charge in [0, 0.05) is 0 Å². The van der Waals surface area contributed by atoms with Crippen molar-refractivity contribution in [3.63, 3.8) is 0 Å². The average molecular weight is 192 g/mol. The van der Waals surface area contributed by atoms with Crippen LogP contribution in [0.25, 0.3) is 0 Å². The predicted molar refractivity (Wildman–Crippen MR) is 62.2 cm³/mol. The summed E-state index contributed by atoms with van der Waals surface area (Å²) in [5.74, 6) is 1.90. The second-order valence-electron chi connectivity index (χ2n) is 5.67. The molecule has 0 radical (unpaired) electrons. The molecular weight excluding hydrogens is 168 g/mol. The maximum atomic E-state index is 2.56. The number of fused-ring (bicyclic) bond motifs is 1. The molecule has 0 aromatic heterocycles. The molecule has 0 saturated heterocycles. The van der Waals surface area contributed by atoms with Crippen LogP contribution in [0.4, 0.5) is 0 Å². The van der Waals surface area contributed by atoms with Crippen molar-refractivity contribution in [3.05, 3.63) is 11.6 Å². The molecule has 1 fully saturated rings. The molecule has 2 aliphatic rings. The van der Waals surface area contributed by atoms with Gasteiger partial charge < -0.3 is 0 Å². The van der Waals surface area contributed by atoms with Crippen LogP contribution in [-0.4, -0.2) is 0 Å². The van der Waals surface area contributed by atoms with E-state index in [1.165, 1.54) is 38.5 Å². The van der Waals surface area contributed by atoms with Gasteiger partial charge in [-0.25, -0.2) is 0 Å². The van der Waals surface area contributed by atoms with E-state index in [1.807, 2.05) is 0 Å². The molecule has 0 aromatic carbocycles. The second kappa shape index (κ2) is 3.72. The van der Waals surface area contributed by atoms with Crippen LogP contribution in [0.1, 0.15) is 59.3 Å². The molecule has 2 aliphatic carbocycles. The van der Waals surface area contributed by atoms with Gasteiger partial charge in [-0.15, -0.1) is 0 Å². The highest BCUT2D eigenvalue weighted by Gasteiger charge is 2.40. The zero-order valence-corrected chi connectivity index (χ0v) is 9.97. The van der Waals surface area contributed by atoms with Crippen LogP contribution in [0.3, 0.4) is 0 Å². The number of hydrogen-bond acceptors (Lipinski definition) is 0. The molecule has 3 atom stereocenters. The van der Waals surface area contributed by atoms with Crippen molar-refractivity contribution in [1.82, 2.24) is 0 Å². The molecule has 2 rings (SSSR count). The lowest BCUT2D eigenvalue weighted by atomic mass is 9.71. The lowest BCUT2D eigenvalue weighted by Crippen LogP contribution is -2.24. The van der Waals surface area contributed by atoms with Crippen molar-refractivity contribution in [1.29, 1.82) is 0 Å². The maximum absolute atomic E-state index is 2.56. The van der Waals surface area contributed by atoms with Gasteiger partial charge in [-0.3, -0.25) is 0 Å². The highest BCUT2D eigenvalue weighted by atomic mass is 14.5. The van der Waals surface area contributed by atoms with Crippen LogP contribution >= 0.6 is 0 Å². The van der Waals surface area contributed by atoms with E-state index in [-0.39, 0.29) is 0 Å². The Hall–Kier alpha value is -0.260. The van der Waals surface area contributed by atoms with Crippen LogP contribution in [-0.2, 0) is 0 Å². The van der Waals surface area contributed by atoms with E-state index < -0.39 is 0 Å². The van der Waals surface area contributed by atoms with Crippen LogP contribution < -0.4 is 0 Å². The minimum Gasteiger partial charge on any atom is -0.0845 e. The first-order valence-electron chi connectivity index (χ1n) is 6.36. The topological polar surface area (TPSA) is 0 Å². The van der Waals surface area contributed by atoms with Gasteiger partial charge in [-0.05, 0) is 49.4 Å². The minimum atomic E-state index is 0.583. The molecule has 0 amide bonds. The fourth-order valence-corrected chi connectivity index (χ4v) is 3.50. The molecule has 1 saturated carbocycles. The van der Waals surface area contributed by atoms with Gasteiger partial charge in [0.05, 0.1) is 0 Å². The Morgan fingerprint density at radius 3 is 2.93 bits per heavy atom. The predicted octanol–water partition coefficient (Wildman–Crippen LogP) is 4.56. The Kier molecular flexibility index (Phi) is 2.72. The van der Waals surface area contributed by atoms with Gasteiger partial charge in [-0.1, -0.05) is 38.8 Å². The number of hydrogen-bond donors (Lipinski definition) is 0. The Labute approximate surface area is 88.8 Å². The number of allylic oxidation sites excluding steroid dienone is 2. The van der Waals surface area contributed by atoms with Gasteiger partial charge in [0.2, 0.25) is 0 Å². The summed E-state index contributed by atoms with van der Waals surface area (Å²) in [6.07, 6.45) is 11.0. The summed E-state index contributed by atoms with van der Waals surface area (Å²) in [5, 5.41) is 0. The van der Waals surface area contributed by atoms with E-state index in [0.717, 1.165) is 11.8 Å². The van der Waals surface area contributed by atoms with Crippen molar-refractivity contribution >= 4 is 0 Å². The summed E-state index contributed by atoms with van der Waals surface area (Å²) >= 11 is 0. The fraction of sp³-hybridized carbons (Fsp3) is 0.857. The van der Waals surface area contributed by atoms with Crippen molar-refractivity contribution < 1.29 is 0 Å². The monoisotopic (exact) mass is 192 g/mol. The van der Waals surface area contributed by atoms with Crippen molar-refractivity contribution in [2.24, 2.45) is 17.3 Å². The van der Waals surface area contributed by atoms with Crippen LogP contribution in [0.2, 0.25) is 0 Å². The molecule has 80 valence electrons. The summed E-state index contributed by atoms with van der Waals surface area (Å²) < 4.78 is 0. The second-order valence-corrected chi connectivity index (χ2v) is 5.67. The van der Waals surface area contributed by atoms with Gasteiger partial charge in [0.25, 0.3) is 0 Å². The smallest absolute Gasteiger partial charge is 0.00852 e. The SMILES string of the molecule is CCC1CC=C2CCC(C)CCC21C. The highest BCUT2D eigenvalue weighted by Crippen LogP contribution is 2.52. The molecule has 0 heteroatoms. The molecular formula is C14H24. The molecule has 0 N–H and O–H groups in total. The third-order valence-electron chi connectivity index (χ3n) is 4.84. The van der Waals surface area contributed by atoms with Crippen molar-refractivity contribution in [2.45, 2.75) is 59.3 Å². The first-order chi connectivity index (χ1) is 6.66. The molecule has 0 aliphatic heterocycles. The Morgan fingerprint density at radius 1 is 1.43 bits per heavy atom. The summed E-state index contributed by atoms with van der Waals surface area (Å²) in [6.45, 7) is 7.31. The zero-order valence-electron chi connectivity index (χ0n) is 9.97. The summed E-state index contributed by atoms with van der Waals surface area (Å²) in [5.41, 5.74) is 2.38. The molecule has 0 spiro atoms. The van der Waals surface area contributed by atoms with E-state index >= 15 is 0 Å². The van der Waals surface area contributed by atoms with Gasteiger partial charge in [0.1, 0.15) is 0 Å². The average Bonchev–Trinajstić information content (AvgIpc) is 2.42. The molecule has 0 nitrogen and oxygen atoms in total. The van der Waals surface area contributed by atoms with Gasteiger partial charge in [0.15, 0.2) is 0 Å². The van der Waals surface area contributed by atoms with Gasteiger partial charge >= 0.3 is 0 Å².